The Morgan fingerprint density at radius 3 is 1.88 bits per heavy atom. The lowest BCUT2D eigenvalue weighted by atomic mass is 9.96. The molecule has 0 fully saturated rings. The molecule has 0 saturated carbocycles. The summed E-state index contributed by atoms with van der Waals surface area (Å²) in [5, 5.41) is 0. The van der Waals surface area contributed by atoms with Gasteiger partial charge in [-0.1, -0.05) is 39.8 Å². The Labute approximate surface area is 52.6 Å². The second-order valence-electron chi connectivity index (χ2n) is 3.18. The molecule has 0 radical (unpaired) electrons. The van der Waals surface area contributed by atoms with Gasteiger partial charge in [0, 0.05) is 0 Å². The van der Waals surface area contributed by atoms with E-state index in [9.17, 15) is 0 Å². The first-order valence-corrected chi connectivity index (χ1v) is 3.24. The Morgan fingerprint density at radius 1 is 1.25 bits per heavy atom. The molecule has 0 aliphatic carbocycles. The maximum atomic E-state index is 2.24. The molecule has 0 aliphatic heterocycles. The van der Waals surface area contributed by atoms with E-state index in [0.29, 0.717) is 5.41 Å². The predicted molar refractivity (Wildman–Crippen MR) is 38.9 cm³/mol. The van der Waals surface area contributed by atoms with Crippen molar-refractivity contribution >= 4 is 0 Å². The van der Waals surface area contributed by atoms with E-state index >= 15 is 0 Å². The standard InChI is InChI=1S/C8H16/c1-5-6-7-8(2,3)4/h6-7H,5H2,1-4H3/b7-6+. The summed E-state index contributed by atoms with van der Waals surface area (Å²) in [6.45, 7) is 8.78. The maximum absolute atomic E-state index is 2.24. The fourth-order valence-corrected chi connectivity index (χ4v) is 0.471. The van der Waals surface area contributed by atoms with Crippen LogP contribution in [-0.2, 0) is 0 Å². The summed E-state index contributed by atoms with van der Waals surface area (Å²) in [5.41, 5.74) is 0.371. The first kappa shape index (κ1) is 7.74. The summed E-state index contributed by atoms with van der Waals surface area (Å²) in [6.07, 6.45) is 5.60. The smallest absolute Gasteiger partial charge is 0.0203 e. The second kappa shape index (κ2) is 2.91. The van der Waals surface area contributed by atoms with Gasteiger partial charge in [0.1, 0.15) is 0 Å². The van der Waals surface area contributed by atoms with Crippen molar-refractivity contribution in [1.82, 2.24) is 0 Å². The van der Waals surface area contributed by atoms with Crippen molar-refractivity contribution in [2.24, 2.45) is 5.41 Å². The maximum Gasteiger partial charge on any atom is -0.0203 e. The first-order valence-electron chi connectivity index (χ1n) is 3.24. The molecule has 48 valence electrons. The Bertz CT molecular complexity index is 72.5. The molecule has 0 heterocycles. The molecule has 0 saturated heterocycles. The molecule has 0 aliphatic rings. The molecule has 0 spiro atoms. The third-order valence-electron chi connectivity index (χ3n) is 0.854. The van der Waals surface area contributed by atoms with Crippen molar-refractivity contribution in [2.75, 3.05) is 0 Å². The van der Waals surface area contributed by atoms with Crippen molar-refractivity contribution in [3.63, 3.8) is 0 Å². The lowest BCUT2D eigenvalue weighted by molar-refractivity contribution is 0.542. The van der Waals surface area contributed by atoms with Crippen LogP contribution in [0.3, 0.4) is 0 Å². The van der Waals surface area contributed by atoms with Gasteiger partial charge >= 0.3 is 0 Å². The predicted octanol–water partition coefficient (Wildman–Crippen LogP) is 3.00. The highest BCUT2D eigenvalue weighted by Gasteiger charge is 2.01. The Balaban J connectivity index is 3.52. The fraction of sp³-hybridized carbons (Fsp3) is 0.750. The van der Waals surface area contributed by atoms with Gasteiger partial charge in [-0.15, -0.1) is 0 Å². The van der Waals surface area contributed by atoms with Gasteiger partial charge < -0.3 is 0 Å². The fourth-order valence-electron chi connectivity index (χ4n) is 0.471. The molecule has 0 N–H and O–H groups in total. The van der Waals surface area contributed by atoms with E-state index in [0.717, 1.165) is 6.42 Å². The van der Waals surface area contributed by atoms with Crippen LogP contribution in [0.2, 0.25) is 0 Å². The molecular weight excluding hydrogens is 96.1 g/mol. The third kappa shape index (κ3) is 5.74. The third-order valence-corrected chi connectivity index (χ3v) is 0.854. The van der Waals surface area contributed by atoms with Crippen LogP contribution in [0, 0.1) is 5.41 Å². The zero-order valence-electron chi connectivity index (χ0n) is 6.36. The van der Waals surface area contributed by atoms with Gasteiger partial charge in [-0.25, -0.2) is 0 Å². The average molecular weight is 112 g/mol. The number of rotatable bonds is 1. The quantitative estimate of drug-likeness (QED) is 0.457. The molecule has 0 unspecified atom stereocenters. The summed E-state index contributed by atoms with van der Waals surface area (Å²) in [5.74, 6) is 0. The summed E-state index contributed by atoms with van der Waals surface area (Å²) in [4.78, 5) is 0. The second-order valence-corrected chi connectivity index (χ2v) is 3.18. The van der Waals surface area contributed by atoms with E-state index in [2.05, 4.69) is 39.8 Å². The molecule has 0 aromatic carbocycles. The van der Waals surface area contributed by atoms with Crippen molar-refractivity contribution in [1.29, 1.82) is 0 Å². The molecule has 0 amide bonds. The molecule has 0 heteroatoms. The highest BCUT2D eigenvalue weighted by atomic mass is 14.1. The lowest BCUT2D eigenvalue weighted by Gasteiger charge is -2.10. The van der Waals surface area contributed by atoms with Crippen molar-refractivity contribution < 1.29 is 0 Å². The summed E-state index contributed by atoms with van der Waals surface area (Å²) < 4.78 is 0. The molecular formula is C8H16. The van der Waals surface area contributed by atoms with Gasteiger partial charge in [-0.3, -0.25) is 0 Å². The Kier molecular flexibility index (Phi) is 2.81. The van der Waals surface area contributed by atoms with Gasteiger partial charge in [0.15, 0.2) is 0 Å². The minimum Gasteiger partial charge on any atom is -0.0883 e. The van der Waals surface area contributed by atoms with Crippen LogP contribution in [0.15, 0.2) is 12.2 Å². The molecule has 0 nitrogen and oxygen atoms in total. The monoisotopic (exact) mass is 112 g/mol. The van der Waals surface area contributed by atoms with E-state index in [1.807, 2.05) is 0 Å². The number of allylic oxidation sites excluding steroid dienone is 2. The first-order chi connectivity index (χ1) is 3.56. The van der Waals surface area contributed by atoms with Gasteiger partial charge in [0.05, 0.1) is 0 Å². The number of hydrogen-bond acceptors (Lipinski definition) is 0. The van der Waals surface area contributed by atoms with Crippen molar-refractivity contribution in [3.05, 3.63) is 12.2 Å². The van der Waals surface area contributed by atoms with Gasteiger partial charge in [0.25, 0.3) is 0 Å². The molecule has 0 rings (SSSR count). The topological polar surface area (TPSA) is 0 Å². The van der Waals surface area contributed by atoms with Crippen LogP contribution < -0.4 is 0 Å². The molecule has 0 bridgehead atoms. The van der Waals surface area contributed by atoms with Crippen LogP contribution >= 0.6 is 0 Å². The average Bonchev–Trinajstić information content (AvgIpc) is 1.59. The lowest BCUT2D eigenvalue weighted by Crippen LogP contribution is -1.97. The SMILES string of the molecule is CC/C=C/C(C)(C)C. The zero-order chi connectivity index (χ0) is 6.62. The molecule has 0 aromatic heterocycles. The Morgan fingerprint density at radius 2 is 1.75 bits per heavy atom. The van der Waals surface area contributed by atoms with E-state index in [-0.39, 0.29) is 0 Å². The van der Waals surface area contributed by atoms with E-state index < -0.39 is 0 Å². The molecule has 8 heavy (non-hydrogen) atoms. The summed E-state index contributed by atoms with van der Waals surface area (Å²) >= 11 is 0. The van der Waals surface area contributed by atoms with E-state index in [4.69, 9.17) is 0 Å². The van der Waals surface area contributed by atoms with Gasteiger partial charge in [-0.2, -0.15) is 0 Å². The van der Waals surface area contributed by atoms with Crippen LogP contribution in [0.1, 0.15) is 34.1 Å². The normalized spacial score (nSPS) is 13.0. The van der Waals surface area contributed by atoms with Crippen LogP contribution in [0.5, 0.6) is 0 Å². The molecule has 0 atom stereocenters. The van der Waals surface area contributed by atoms with E-state index in [1.165, 1.54) is 0 Å². The Hall–Kier alpha value is -0.260. The van der Waals surface area contributed by atoms with Crippen LogP contribution in [-0.4, -0.2) is 0 Å². The minimum atomic E-state index is 0.371. The van der Waals surface area contributed by atoms with Gasteiger partial charge in [-0.05, 0) is 11.8 Å². The molecule has 0 aromatic rings. The van der Waals surface area contributed by atoms with Crippen molar-refractivity contribution in [2.45, 2.75) is 34.1 Å². The van der Waals surface area contributed by atoms with Crippen molar-refractivity contribution in [3.8, 4) is 0 Å². The number of hydrogen-bond donors (Lipinski definition) is 0. The van der Waals surface area contributed by atoms with Crippen LogP contribution in [0.4, 0.5) is 0 Å². The highest BCUT2D eigenvalue weighted by molar-refractivity contribution is 4.90. The minimum absolute atomic E-state index is 0.371. The summed E-state index contributed by atoms with van der Waals surface area (Å²) in [6, 6.07) is 0. The highest BCUT2D eigenvalue weighted by Crippen LogP contribution is 2.14. The van der Waals surface area contributed by atoms with E-state index in [1.54, 1.807) is 0 Å². The van der Waals surface area contributed by atoms with Gasteiger partial charge in [0.2, 0.25) is 0 Å². The van der Waals surface area contributed by atoms with Crippen LogP contribution in [0.25, 0.3) is 0 Å². The zero-order valence-corrected chi connectivity index (χ0v) is 6.36. The largest absolute Gasteiger partial charge is 0.0883 e. The summed E-state index contributed by atoms with van der Waals surface area (Å²) in [7, 11) is 0.